The van der Waals surface area contributed by atoms with Gasteiger partial charge in [-0.2, -0.15) is 0 Å². The second-order valence-electron chi connectivity index (χ2n) is 8.93. The van der Waals surface area contributed by atoms with Crippen molar-refractivity contribution in [3.63, 3.8) is 0 Å². The molecule has 0 fully saturated rings. The molecule has 0 bridgehead atoms. The molecule has 26 heavy (non-hydrogen) atoms. The molecule has 0 spiro atoms. The molecule has 0 aliphatic heterocycles. The van der Waals surface area contributed by atoms with E-state index in [0.717, 1.165) is 18.8 Å². The van der Waals surface area contributed by atoms with Gasteiger partial charge in [-0.25, -0.2) is 0 Å². The van der Waals surface area contributed by atoms with Crippen molar-refractivity contribution in [1.82, 2.24) is 0 Å². The largest absolute Gasteiger partial charge is 0.466 e. The highest BCUT2D eigenvalue weighted by Crippen LogP contribution is 2.14. The van der Waals surface area contributed by atoms with Crippen molar-refractivity contribution in [3.8, 4) is 0 Å². The van der Waals surface area contributed by atoms with Gasteiger partial charge in [-0.3, -0.25) is 4.79 Å². The number of carbonyl (C=O) groups is 1. The second-order valence-corrected chi connectivity index (χ2v) is 8.93. The van der Waals surface area contributed by atoms with E-state index in [1.54, 1.807) is 0 Å². The molecular formula is C24H48O2. The Morgan fingerprint density at radius 2 is 0.962 bits per heavy atom. The maximum absolute atomic E-state index is 11.6. The molecule has 0 heterocycles. The topological polar surface area (TPSA) is 26.3 Å². The van der Waals surface area contributed by atoms with E-state index < -0.39 is 0 Å². The number of hydrogen-bond donors (Lipinski definition) is 0. The van der Waals surface area contributed by atoms with Gasteiger partial charge in [-0.1, -0.05) is 111 Å². The van der Waals surface area contributed by atoms with Crippen LogP contribution in [0, 0.1) is 11.8 Å². The van der Waals surface area contributed by atoms with Gasteiger partial charge < -0.3 is 4.74 Å². The third-order valence-electron chi connectivity index (χ3n) is 5.12. The fourth-order valence-corrected chi connectivity index (χ4v) is 3.25. The Morgan fingerprint density at radius 1 is 0.577 bits per heavy atom. The Balaban J connectivity index is 3.12. The van der Waals surface area contributed by atoms with Gasteiger partial charge in [0.05, 0.1) is 6.61 Å². The predicted octanol–water partition coefficient (Wildman–Crippen LogP) is 8.08. The monoisotopic (exact) mass is 368 g/mol. The summed E-state index contributed by atoms with van der Waals surface area (Å²) in [5.41, 5.74) is 0. The summed E-state index contributed by atoms with van der Waals surface area (Å²) in [6, 6.07) is 0. The van der Waals surface area contributed by atoms with E-state index in [9.17, 15) is 4.79 Å². The van der Waals surface area contributed by atoms with E-state index in [2.05, 4.69) is 27.7 Å². The molecule has 0 N–H and O–H groups in total. The van der Waals surface area contributed by atoms with E-state index >= 15 is 0 Å². The molecule has 0 saturated heterocycles. The first-order valence-corrected chi connectivity index (χ1v) is 11.7. The zero-order valence-electron chi connectivity index (χ0n) is 18.5. The molecule has 0 aliphatic rings. The highest BCUT2D eigenvalue weighted by molar-refractivity contribution is 5.69. The lowest BCUT2D eigenvalue weighted by Crippen LogP contribution is -2.07. The third-order valence-corrected chi connectivity index (χ3v) is 5.12. The first kappa shape index (κ1) is 25.5. The predicted molar refractivity (Wildman–Crippen MR) is 115 cm³/mol. The van der Waals surface area contributed by atoms with Crippen LogP contribution >= 0.6 is 0 Å². The second kappa shape index (κ2) is 19.2. The number of unbranched alkanes of at least 4 members (excludes halogenated alkanes) is 12. The van der Waals surface area contributed by atoms with Crippen LogP contribution in [0.5, 0.6) is 0 Å². The SMILES string of the molecule is CC(C)CCCCCCCCCCCCCCCC(=O)OCCC(C)C. The van der Waals surface area contributed by atoms with Crippen molar-refractivity contribution in [2.45, 2.75) is 130 Å². The van der Waals surface area contributed by atoms with Gasteiger partial charge in [0.1, 0.15) is 0 Å². The first-order chi connectivity index (χ1) is 12.5. The van der Waals surface area contributed by atoms with Gasteiger partial charge in [0, 0.05) is 6.42 Å². The fourth-order valence-electron chi connectivity index (χ4n) is 3.25. The smallest absolute Gasteiger partial charge is 0.305 e. The van der Waals surface area contributed by atoms with Crippen molar-refractivity contribution in [2.75, 3.05) is 6.61 Å². The molecule has 0 aromatic heterocycles. The maximum atomic E-state index is 11.6. The minimum Gasteiger partial charge on any atom is -0.466 e. The van der Waals surface area contributed by atoms with Crippen LogP contribution in [0.15, 0.2) is 0 Å². The molecule has 0 aliphatic carbocycles. The third kappa shape index (κ3) is 21.5. The van der Waals surface area contributed by atoms with Crippen LogP contribution in [0.25, 0.3) is 0 Å². The zero-order chi connectivity index (χ0) is 19.5. The van der Waals surface area contributed by atoms with Gasteiger partial charge >= 0.3 is 5.97 Å². The van der Waals surface area contributed by atoms with Crippen LogP contribution in [0.1, 0.15) is 130 Å². The molecular weight excluding hydrogens is 320 g/mol. The zero-order valence-corrected chi connectivity index (χ0v) is 18.5. The van der Waals surface area contributed by atoms with E-state index in [4.69, 9.17) is 4.74 Å². The average molecular weight is 369 g/mol. The molecule has 0 aromatic rings. The van der Waals surface area contributed by atoms with Crippen LogP contribution in [-0.2, 0) is 9.53 Å². The van der Waals surface area contributed by atoms with Crippen molar-refractivity contribution in [3.05, 3.63) is 0 Å². The maximum Gasteiger partial charge on any atom is 0.305 e. The first-order valence-electron chi connectivity index (χ1n) is 11.7. The highest BCUT2D eigenvalue weighted by atomic mass is 16.5. The lowest BCUT2D eigenvalue weighted by atomic mass is 10.0. The quantitative estimate of drug-likeness (QED) is 0.170. The van der Waals surface area contributed by atoms with Crippen molar-refractivity contribution >= 4 is 5.97 Å². The molecule has 0 amide bonds. The summed E-state index contributed by atoms with van der Waals surface area (Å²) in [5, 5.41) is 0. The molecule has 0 unspecified atom stereocenters. The summed E-state index contributed by atoms with van der Waals surface area (Å²) >= 11 is 0. The molecule has 156 valence electrons. The molecule has 0 saturated carbocycles. The highest BCUT2D eigenvalue weighted by Gasteiger charge is 2.03. The Morgan fingerprint density at radius 3 is 1.38 bits per heavy atom. The standard InChI is InChI=1S/C24H48O2/c1-22(2)18-16-14-12-10-8-6-5-7-9-11-13-15-17-19-24(25)26-21-20-23(3)4/h22-23H,5-21H2,1-4H3. The van der Waals surface area contributed by atoms with Gasteiger partial charge in [-0.05, 0) is 24.7 Å². The summed E-state index contributed by atoms with van der Waals surface area (Å²) in [4.78, 5) is 11.6. The van der Waals surface area contributed by atoms with Crippen LogP contribution in [0.3, 0.4) is 0 Å². The van der Waals surface area contributed by atoms with Gasteiger partial charge in [-0.15, -0.1) is 0 Å². The average Bonchev–Trinajstić information content (AvgIpc) is 2.57. The van der Waals surface area contributed by atoms with E-state index in [0.29, 0.717) is 18.9 Å². The Labute approximate surface area is 164 Å². The summed E-state index contributed by atoms with van der Waals surface area (Å²) in [5.74, 6) is 1.48. The van der Waals surface area contributed by atoms with Gasteiger partial charge in [0.15, 0.2) is 0 Å². The van der Waals surface area contributed by atoms with Crippen molar-refractivity contribution in [1.29, 1.82) is 0 Å². The van der Waals surface area contributed by atoms with Crippen LogP contribution < -0.4 is 0 Å². The summed E-state index contributed by atoms with van der Waals surface area (Å²) in [6.45, 7) is 9.55. The summed E-state index contributed by atoms with van der Waals surface area (Å²) in [7, 11) is 0. The number of esters is 1. The lowest BCUT2D eigenvalue weighted by Gasteiger charge is -2.06. The molecule has 2 heteroatoms. The van der Waals surface area contributed by atoms with Crippen LogP contribution in [0.2, 0.25) is 0 Å². The van der Waals surface area contributed by atoms with Crippen LogP contribution in [0.4, 0.5) is 0 Å². The summed E-state index contributed by atoms with van der Waals surface area (Å²) in [6.07, 6.45) is 20.5. The molecule has 2 nitrogen and oxygen atoms in total. The number of ether oxygens (including phenoxy) is 1. The molecule has 0 aromatic carbocycles. The van der Waals surface area contributed by atoms with Crippen LogP contribution in [-0.4, -0.2) is 12.6 Å². The Kier molecular flexibility index (Phi) is 18.8. The minimum absolute atomic E-state index is 0.00476. The fraction of sp³-hybridized carbons (Fsp3) is 0.958. The van der Waals surface area contributed by atoms with E-state index in [1.807, 2.05) is 0 Å². The van der Waals surface area contributed by atoms with Crippen molar-refractivity contribution in [2.24, 2.45) is 11.8 Å². The van der Waals surface area contributed by atoms with E-state index in [-0.39, 0.29) is 5.97 Å². The minimum atomic E-state index is -0.00476. The Hall–Kier alpha value is -0.530. The van der Waals surface area contributed by atoms with Gasteiger partial charge in [0.2, 0.25) is 0 Å². The number of rotatable bonds is 19. The van der Waals surface area contributed by atoms with E-state index in [1.165, 1.54) is 83.5 Å². The lowest BCUT2D eigenvalue weighted by molar-refractivity contribution is -0.144. The summed E-state index contributed by atoms with van der Waals surface area (Å²) < 4.78 is 5.24. The normalized spacial score (nSPS) is 11.5. The Bertz CT molecular complexity index is 297. The molecule has 0 atom stereocenters. The van der Waals surface area contributed by atoms with Gasteiger partial charge in [0.25, 0.3) is 0 Å². The molecule has 0 rings (SSSR count). The van der Waals surface area contributed by atoms with Crippen molar-refractivity contribution < 1.29 is 9.53 Å². The number of carbonyl (C=O) groups excluding carboxylic acids is 1. The number of hydrogen-bond acceptors (Lipinski definition) is 2. The molecule has 0 radical (unpaired) electrons.